The van der Waals surface area contributed by atoms with Gasteiger partial charge in [-0.15, -0.1) is 0 Å². The topological polar surface area (TPSA) is 45.0 Å². The smallest absolute Gasteiger partial charge is 0.145 e. The van der Waals surface area contributed by atoms with Crippen molar-refractivity contribution in [2.24, 2.45) is 0 Å². The van der Waals surface area contributed by atoms with Gasteiger partial charge in [-0.2, -0.15) is 5.26 Å². The molecule has 0 fully saturated rings. The molecule has 0 radical (unpaired) electrons. The molecule has 21 heavy (non-hydrogen) atoms. The predicted octanol–water partition coefficient (Wildman–Crippen LogP) is 4.02. The van der Waals surface area contributed by atoms with Gasteiger partial charge in [0.25, 0.3) is 0 Å². The van der Waals surface area contributed by atoms with Gasteiger partial charge in [-0.1, -0.05) is 32.0 Å². The van der Waals surface area contributed by atoms with Crippen molar-refractivity contribution in [1.29, 1.82) is 5.26 Å². The van der Waals surface area contributed by atoms with Crippen LogP contribution in [0.4, 0.5) is 0 Å². The van der Waals surface area contributed by atoms with E-state index in [1.165, 1.54) is 5.56 Å². The monoisotopic (exact) mass is 280 g/mol. The Morgan fingerprint density at radius 3 is 2.67 bits per heavy atom. The molecule has 2 aromatic rings. The van der Waals surface area contributed by atoms with E-state index in [2.05, 4.69) is 31.3 Å². The van der Waals surface area contributed by atoms with E-state index in [1.54, 1.807) is 0 Å². The average Bonchev–Trinajstić information content (AvgIpc) is 2.54. The molecule has 0 aliphatic heterocycles. The molecule has 0 atom stereocenters. The maximum atomic E-state index is 9.30. The standard InChI is InChI=1S/C18H20N2O/c1-3-14-6-5-7-17(11-14)21-18-9-8-15(13-20-4-2)10-16(18)12-19/h5-11,20H,3-4,13H2,1-2H3. The molecule has 2 rings (SSSR count). The largest absolute Gasteiger partial charge is 0.456 e. The molecule has 0 saturated heterocycles. The van der Waals surface area contributed by atoms with E-state index in [0.717, 1.165) is 30.8 Å². The van der Waals surface area contributed by atoms with E-state index >= 15 is 0 Å². The molecular formula is C18H20N2O. The van der Waals surface area contributed by atoms with E-state index < -0.39 is 0 Å². The number of nitrogens with zero attached hydrogens (tertiary/aromatic N) is 1. The maximum absolute atomic E-state index is 9.30. The molecule has 0 heterocycles. The van der Waals surface area contributed by atoms with Gasteiger partial charge in [0.1, 0.15) is 17.6 Å². The third kappa shape index (κ3) is 4.08. The van der Waals surface area contributed by atoms with Gasteiger partial charge in [0.05, 0.1) is 5.56 Å². The first-order valence-corrected chi connectivity index (χ1v) is 7.27. The summed E-state index contributed by atoms with van der Waals surface area (Å²) in [6.45, 7) is 5.83. The van der Waals surface area contributed by atoms with E-state index in [9.17, 15) is 5.26 Å². The second kappa shape index (κ2) is 7.47. The summed E-state index contributed by atoms with van der Waals surface area (Å²) in [5.74, 6) is 1.37. The third-order valence-corrected chi connectivity index (χ3v) is 3.28. The Labute approximate surface area is 126 Å². The van der Waals surface area contributed by atoms with Crippen LogP contribution in [0.3, 0.4) is 0 Å². The molecule has 0 saturated carbocycles. The van der Waals surface area contributed by atoms with Gasteiger partial charge in [-0.05, 0) is 48.4 Å². The van der Waals surface area contributed by atoms with Crippen LogP contribution in [0.1, 0.15) is 30.5 Å². The molecule has 2 aromatic carbocycles. The van der Waals surface area contributed by atoms with Crippen LogP contribution in [-0.4, -0.2) is 6.54 Å². The molecular weight excluding hydrogens is 260 g/mol. The van der Waals surface area contributed by atoms with Gasteiger partial charge < -0.3 is 10.1 Å². The Morgan fingerprint density at radius 1 is 1.10 bits per heavy atom. The molecule has 108 valence electrons. The van der Waals surface area contributed by atoms with Crippen molar-refractivity contribution in [3.63, 3.8) is 0 Å². The van der Waals surface area contributed by atoms with Crippen LogP contribution in [0.25, 0.3) is 0 Å². The molecule has 0 aliphatic rings. The molecule has 0 aliphatic carbocycles. The minimum Gasteiger partial charge on any atom is -0.456 e. The third-order valence-electron chi connectivity index (χ3n) is 3.28. The van der Waals surface area contributed by atoms with Crippen LogP contribution < -0.4 is 10.1 Å². The highest BCUT2D eigenvalue weighted by Crippen LogP contribution is 2.26. The van der Waals surface area contributed by atoms with Crippen LogP contribution in [0, 0.1) is 11.3 Å². The lowest BCUT2D eigenvalue weighted by molar-refractivity contribution is 0.480. The Morgan fingerprint density at radius 2 is 1.95 bits per heavy atom. The van der Waals surface area contributed by atoms with Crippen molar-refractivity contribution >= 4 is 0 Å². The first-order chi connectivity index (χ1) is 10.3. The Kier molecular flexibility index (Phi) is 5.36. The van der Waals surface area contributed by atoms with Crippen molar-refractivity contribution < 1.29 is 4.74 Å². The highest BCUT2D eigenvalue weighted by Gasteiger charge is 2.06. The van der Waals surface area contributed by atoms with Crippen LogP contribution in [-0.2, 0) is 13.0 Å². The predicted molar refractivity (Wildman–Crippen MR) is 84.4 cm³/mol. The zero-order valence-electron chi connectivity index (χ0n) is 12.5. The van der Waals surface area contributed by atoms with E-state index in [1.807, 2.05) is 36.4 Å². The fourth-order valence-corrected chi connectivity index (χ4v) is 2.09. The second-order valence-electron chi connectivity index (χ2n) is 4.83. The Bertz CT molecular complexity index is 644. The second-order valence-corrected chi connectivity index (χ2v) is 4.83. The van der Waals surface area contributed by atoms with E-state index in [4.69, 9.17) is 4.74 Å². The van der Waals surface area contributed by atoms with Crippen molar-refractivity contribution in [2.45, 2.75) is 26.8 Å². The van der Waals surface area contributed by atoms with Gasteiger partial charge in [0.15, 0.2) is 0 Å². The number of rotatable bonds is 6. The molecule has 0 spiro atoms. The lowest BCUT2D eigenvalue weighted by atomic mass is 10.1. The van der Waals surface area contributed by atoms with Crippen molar-refractivity contribution in [3.8, 4) is 17.6 Å². The molecule has 1 N–H and O–H groups in total. The summed E-state index contributed by atoms with van der Waals surface area (Å²) in [5, 5.41) is 12.5. The minimum absolute atomic E-state index is 0.562. The fraction of sp³-hybridized carbons (Fsp3) is 0.278. The quantitative estimate of drug-likeness (QED) is 0.869. The molecule has 0 unspecified atom stereocenters. The Balaban J connectivity index is 2.21. The van der Waals surface area contributed by atoms with Gasteiger partial charge >= 0.3 is 0 Å². The molecule has 0 amide bonds. The number of benzene rings is 2. The lowest BCUT2D eigenvalue weighted by Crippen LogP contribution is -2.11. The first-order valence-electron chi connectivity index (χ1n) is 7.27. The minimum atomic E-state index is 0.562. The van der Waals surface area contributed by atoms with E-state index in [-0.39, 0.29) is 0 Å². The Hall–Kier alpha value is -2.31. The van der Waals surface area contributed by atoms with E-state index in [0.29, 0.717) is 11.3 Å². The SMILES string of the molecule is CCNCc1ccc(Oc2cccc(CC)c2)c(C#N)c1. The van der Waals surface area contributed by atoms with Gasteiger partial charge in [-0.3, -0.25) is 0 Å². The summed E-state index contributed by atoms with van der Waals surface area (Å²) in [6.07, 6.45) is 0.962. The van der Waals surface area contributed by atoms with Crippen LogP contribution in [0.5, 0.6) is 11.5 Å². The summed E-state index contributed by atoms with van der Waals surface area (Å²) < 4.78 is 5.86. The van der Waals surface area contributed by atoms with Crippen LogP contribution >= 0.6 is 0 Å². The van der Waals surface area contributed by atoms with Crippen LogP contribution in [0.15, 0.2) is 42.5 Å². The van der Waals surface area contributed by atoms with Gasteiger partial charge in [-0.25, -0.2) is 0 Å². The van der Waals surface area contributed by atoms with Gasteiger partial charge in [0.2, 0.25) is 0 Å². The summed E-state index contributed by atoms with van der Waals surface area (Å²) in [6, 6.07) is 15.9. The molecule has 0 bridgehead atoms. The molecule has 3 nitrogen and oxygen atoms in total. The number of hydrogen-bond donors (Lipinski definition) is 1. The number of nitriles is 1. The summed E-state index contributed by atoms with van der Waals surface area (Å²) >= 11 is 0. The number of hydrogen-bond acceptors (Lipinski definition) is 3. The zero-order valence-corrected chi connectivity index (χ0v) is 12.5. The zero-order chi connectivity index (χ0) is 15.1. The highest BCUT2D eigenvalue weighted by atomic mass is 16.5. The number of nitrogens with one attached hydrogen (secondary N) is 1. The van der Waals surface area contributed by atoms with Crippen molar-refractivity contribution in [3.05, 3.63) is 59.2 Å². The average molecular weight is 280 g/mol. The highest BCUT2D eigenvalue weighted by molar-refractivity contribution is 5.47. The van der Waals surface area contributed by atoms with Crippen LogP contribution in [0.2, 0.25) is 0 Å². The summed E-state index contributed by atoms with van der Waals surface area (Å²) in [4.78, 5) is 0. The normalized spacial score (nSPS) is 10.1. The molecule has 0 aromatic heterocycles. The molecule has 3 heteroatoms. The lowest BCUT2D eigenvalue weighted by Gasteiger charge is -2.10. The number of aryl methyl sites for hydroxylation is 1. The maximum Gasteiger partial charge on any atom is 0.145 e. The number of ether oxygens (including phenoxy) is 1. The first kappa shape index (κ1) is 15.1. The van der Waals surface area contributed by atoms with Gasteiger partial charge in [0, 0.05) is 6.54 Å². The van der Waals surface area contributed by atoms with Crippen molar-refractivity contribution in [2.75, 3.05) is 6.54 Å². The summed E-state index contributed by atoms with van der Waals surface area (Å²) in [5.41, 5.74) is 2.87. The fourth-order valence-electron chi connectivity index (χ4n) is 2.09. The summed E-state index contributed by atoms with van der Waals surface area (Å²) in [7, 11) is 0. The van der Waals surface area contributed by atoms with Crippen molar-refractivity contribution in [1.82, 2.24) is 5.32 Å².